The molecule has 0 aliphatic rings. The van der Waals surface area contributed by atoms with Crippen LogP contribution in [0.2, 0.25) is 0 Å². The van der Waals surface area contributed by atoms with Gasteiger partial charge in [-0.05, 0) is 24.1 Å². The summed E-state index contributed by atoms with van der Waals surface area (Å²) in [6, 6.07) is 12.2. The topological polar surface area (TPSA) is 26.0 Å². The van der Waals surface area contributed by atoms with Crippen LogP contribution in [0.15, 0.2) is 48.5 Å². The minimum atomic E-state index is -4.40. The number of benzene rings is 2. The molecule has 2 aromatic rings. The molecule has 0 saturated heterocycles. The highest BCUT2D eigenvalue weighted by Crippen LogP contribution is 2.36. The standard InChI is InChI=1S/C15H14F3N/c1-10-7-8-12(13(9-10)15(16,17)18)14(19)11-5-3-2-4-6-11/h2-9,14H,19H2,1H3. The van der Waals surface area contributed by atoms with Gasteiger partial charge in [0.2, 0.25) is 0 Å². The number of halogens is 3. The molecular weight excluding hydrogens is 251 g/mol. The van der Waals surface area contributed by atoms with Crippen LogP contribution in [0.5, 0.6) is 0 Å². The van der Waals surface area contributed by atoms with Gasteiger partial charge in [0.25, 0.3) is 0 Å². The third-order valence-corrected chi connectivity index (χ3v) is 3.01. The van der Waals surface area contributed by atoms with E-state index in [2.05, 4.69) is 0 Å². The number of nitrogens with two attached hydrogens (primary N) is 1. The number of rotatable bonds is 2. The number of aryl methyl sites for hydroxylation is 1. The molecule has 0 fully saturated rings. The van der Waals surface area contributed by atoms with Crippen molar-refractivity contribution < 1.29 is 13.2 Å². The van der Waals surface area contributed by atoms with Crippen LogP contribution in [0.25, 0.3) is 0 Å². The molecule has 19 heavy (non-hydrogen) atoms. The molecule has 2 rings (SSSR count). The highest BCUT2D eigenvalue weighted by Gasteiger charge is 2.34. The molecule has 1 nitrogen and oxygen atoms in total. The summed E-state index contributed by atoms with van der Waals surface area (Å²) < 4.78 is 39.1. The fourth-order valence-electron chi connectivity index (χ4n) is 2.03. The Labute approximate surface area is 109 Å². The normalized spacial score (nSPS) is 13.3. The molecule has 0 amide bonds. The Hall–Kier alpha value is -1.81. The summed E-state index contributed by atoms with van der Waals surface area (Å²) >= 11 is 0. The average molecular weight is 265 g/mol. The van der Waals surface area contributed by atoms with Gasteiger partial charge in [-0.3, -0.25) is 0 Å². The van der Waals surface area contributed by atoms with Crippen molar-refractivity contribution in [3.05, 3.63) is 70.8 Å². The van der Waals surface area contributed by atoms with E-state index >= 15 is 0 Å². The van der Waals surface area contributed by atoms with Gasteiger partial charge in [0.1, 0.15) is 0 Å². The van der Waals surface area contributed by atoms with Crippen LogP contribution < -0.4 is 5.73 Å². The maximum atomic E-state index is 13.0. The van der Waals surface area contributed by atoms with Crippen molar-refractivity contribution in [1.82, 2.24) is 0 Å². The smallest absolute Gasteiger partial charge is 0.320 e. The summed E-state index contributed by atoms with van der Waals surface area (Å²) in [5, 5.41) is 0. The Morgan fingerprint density at radius 1 is 1.00 bits per heavy atom. The van der Waals surface area contributed by atoms with Gasteiger partial charge in [-0.2, -0.15) is 13.2 Å². The van der Waals surface area contributed by atoms with E-state index in [9.17, 15) is 13.2 Å². The molecule has 0 saturated carbocycles. The van der Waals surface area contributed by atoms with Crippen molar-refractivity contribution in [2.45, 2.75) is 19.1 Å². The van der Waals surface area contributed by atoms with Crippen LogP contribution in [-0.2, 0) is 6.18 Å². The lowest BCUT2D eigenvalue weighted by Gasteiger charge is -2.19. The van der Waals surface area contributed by atoms with Crippen LogP contribution in [-0.4, -0.2) is 0 Å². The van der Waals surface area contributed by atoms with Gasteiger partial charge in [-0.25, -0.2) is 0 Å². The summed E-state index contributed by atoms with van der Waals surface area (Å²) in [6.07, 6.45) is -4.40. The monoisotopic (exact) mass is 265 g/mol. The molecule has 0 spiro atoms. The second-order valence-electron chi connectivity index (χ2n) is 4.48. The maximum absolute atomic E-state index is 13.0. The first-order chi connectivity index (χ1) is 8.89. The lowest BCUT2D eigenvalue weighted by molar-refractivity contribution is -0.138. The second kappa shape index (κ2) is 5.05. The molecule has 1 atom stereocenters. The van der Waals surface area contributed by atoms with Crippen LogP contribution in [0.4, 0.5) is 13.2 Å². The highest BCUT2D eigenvalue weighted by molar-refractivity contribution is 5.40. The van der Waals surface area contributed by atoms with E-state index in [1.165, 1.54) is 6.07 Å². The summed E-state index contributed by atoms with van der Waals surface area (Å²) in [6.45, 7) is 1.63. The Morgan fingerprint density at radius 2 is 1.63 bits per heavy atom. The van der Waals surface area contributed by atoms with Crippen molar-refractivity contribution in [2.24, 2.45) is 5.73 Å². The fourth-order valence-corrected chi connectivity index (χ4v) is 2.03. The van der Waals surface area contributed by atoms with Gasteiger partial charge >= 0.3 is 6.18 Å². The van der Waals surface area contributed by atoms with Crippen molar-refractivity contribution in [1.29, 1.82) is 0 Å². The number of alkyl halides is 3. The minimum absolute atomic E-state index is 0.101. The zero-order valence-corrected chi connectivity index (χ0v) is 10.4. The molecule has 2 N–H and O–H groups in total. The molecule has 0 heterocycles. The van der Waals surface area contributed by atoms with Crippen LogP contribution in [0, 0.1) is 6.92 Å². The van der Waals surface area contributed by atoms with Crippen LogP contribution in [0.1, 0.15) is 28.3 Å². The van der Waals surface area contributed by atoms with Crippen molar-refractivity contribution in [2.75, 3.05) is 0 Å². The average Bonchev–Trinajstić information content (AvgIpc) is 2.38. The first-order valence-electron chi connectivity index (χ1n) is 5.88. The molecule has 4 heteroatoms. The molecule has 0 aromatic heterocycles. The van der Waals surface area contributed by atoms with Gasteiger partial charge in [0, 0.05) is 0 Å². The van der Waals surface area contributed by atoms with E-state index in [1.807, 2.05) is 0 Å². The molecule has 0 bridgehead atoms. The Kier molecular flexibility index (Phi) is 3.62. The van der Waals surface area contributed by atoms with Crippen molar-refractivity contribution in [3.8, 4) is 0 Å². The highest BCUT2D eigenvalue weighted by atomic mass is 19.4. The zero-order valence-electron chi connectivity index (χ0n) is 10.4. The predicted molar refractivity (Wildman–Crippen MR) is 68.7 cm³/mol. The summed E-state index contributed by atoms with van der Waals surface area (Å²) in [4.78, 5) is 0. The van der Waals surface area contributed by atoms with E-state index in [4.69, 9.17) is 5.73 Å². The largest absolute Gasteiger partial charge is 0.416 e. The van der Waals surface area contributed by atoms with E-state index in [1.54, 1.807) is 43.3 Å². The predicted octanol–water partition coefficient (Wildman–Crippen LogP) is 4.06. The quantitative estimate of drug-likeness (QED) is 0.870. The number of hydrogen-bond donors (Lipinski definition) is 1. The Balaban J connectivity index is 2.51. The van der Waals surface area contributed by atoms with E-state index in [0.717, 1.165) is 6.07 Å². The lowest BCUT2D eigenvalue weighted by atomic mass is 9.93. The van der Waals surface area contributed by atoms with Gasteiger partial charge in [0.15, 0.2) is 0 Å². The van der Waals surface area contributed by atoms with Crippen molar-refractivity contribution in [3.63, 3.8) is 0 Å². The fraction of sp³-hybridized carbons (Fsp3) is 0.200. The summed E-state index contributed by atoms with van der Waals surface area (Å²) in [7, 11) is 0. The molecule has 1 unspecified atom stereocenters. The van der Waals surface area contributed by atoms with Gasteiger partial charge in [-0.15, -0.1) is 0 Å². The summed E-state index contributed by atoms with van der Waals surface area (Å²) in [5.74, 6) is 0. The SMILES string of the molecule is Cc1ccc(C(N)c2ccccc2)c(C(F)(F)F)c1. The molecular formula is C15H14F3N. The third kappa shape index (κ3) is 2.96. The van der Waals surface area contributed by atoms with E-state index < -0.39 is 17.8 Å². The Morgan fingerprint density at radius 3 is 2.21 bits per heavy atom. The maximum Gasteiger partial charge on any atom is 0.416 e. The lowest BCUT2D eigenvalue weighted by Crippen LogP contribution is -2.18. The number of hydrogen-bond acceptors (Lipinski definition) is 1. The summed E-state index contributed by atoms with van der Waals surface area (Å²) in [5.41, 5.74) is 6.63. The van der Waals surface area contributed by atoms with Gasteiger partial charge in [-0.1, -0.05) is 48.0 Å². The van der Waals surface area contributed by atoms with E-state index in [-0.39, 0.29) is 5.56 Å². The first-order valence-corrected chi connectivity index (χ1v) is 5.88. The molecule has 0 aliphatic heterocycles. The molecule has 100 valence electrons. The van der Waals surface area contributed by atoms with Crippen LogP contribution in [0.3, 0.4) is 0 Å². The molecule has 0 radical (unpaired) electrons. The Bertz CT molecular complexity index is 561. The second-order valence-corrected chi connectivity index (χ2v) is 4.48. The molecule has 2 aromatic carbocycles. The van der Waals surface area contributed by atoms with E-state index in [0.29, 0.717) is 11.1 Å². The third-order valence-electron chi connectivity index (χ3n) is 3.01. The van der Waals surface area contributed by atoms with Crippen molar-refractivity contribution >= 4 is 0 Å². The van der Waals surface area contributed by atoms with Crippen LogP contribution >= 0.6 is 0 Å². The molecule has 0 aliphatic carbocycles. The zero-order chi connectivity index (χ0) is 14.0. The first kappa shape index (κ1) is 13.6. The van der Waals surface area contributed by atoms with Gasteiger partial charge < -0.3 is 5.73 Å². The van der Waals surface area contributed by atoms with Gasteiger partial charge in [0.05, 0.1) is 11.6 Å². The minimum Gasteiger partial charge on any atom is -0.320 e.